The Morgan fingerprint density at radius 2 is 2.25 bits per heavy atom. The van der Waals surface area contributed by atoms with E-state index in [1.807, 2.05) is 0 Å². The van der Waals surface area contributed by atoms with Crippen molar-refractivity contribution in [1.29, 1.82) is 0 Å². The van der Waals surface area contributed by atoms with Crippen molar-refractivity contribution >= 4 is 34.7 Å². The molecule has 0 aliphatic carbocycles. The van der Waals surface area contributed by atoms with Crippen LogP contribution in [0.5, 0.6) is 0 Å². The van der Waals surface area contributed by atoms with E-state index in [0.29, 0.717) is 10.2 Å². The Bertz CT molecular complexity index is 555. The van der Waals surface area contributed by atoms with E-state index in [9.17, 15) is 4.79 Å². The van der Waals surface area contributed by atoms with E-state index in [1.165, 1.54) is 17.5 Å². The van der Waals surface area contributed by atoms with Crippen LogP contribution >= 0.6 is 22.9 Å². The second kappa shape index (κ2) is 4.07. The second-order valence-corrected chi connectivity index (χ2v) is 4.62. The highest BCUT2D eigenvalue weighted by molar-refractivity contribution is 7.19. The van der Waals surface area contributed by atoms with Gasteiger partial charge in [-0.25, -0.2) is 14.8 Å². The predicted octanol–water partition coefficient (Wildman–Crippen LogP) is 2.14. The number of nitrogens with zero attached hydrogens (tertiary/aromatic N) is 2. The van der Waals surface area contributed by atoms with Crippen molar-refractivity contribution in [1.82, 2.24) is 9.97 Å². The van der Waals surface area contributed by atoms with E-state index in [1.54, 1.807) is 12.1 Å². The number of hydrogen-bond acceptors (Lipinski definition) is 5. The number of aromatic carboxylic acids is 1. The lowest BCUT2D eigenvalue weighted by Crippen LogP contribution is -2.06. The number of carboxylic acids is 1. The molecule has 0 unspecified atom stereocenters. The summed E-state index contributed by atoms with van der Waals surface area (Å²) in [6, 6.07) is 3.47. The quantitative estimate of drug-likeness (QED) is 0.858. The molecule has 16 heavy (non-hydrogen) atoms. The number of carboxylic acid groups (broad SMARTS) is 1. The molecule has 0 bridgehead atoms. The molecular formula is C9H6ClN3O2S. The van der Waals surface area contributed by atoms with Gasteiger partial charge in [0.1, 0.15) is 11.4 Å². The average molecular weight is 256 g/mol. The summed E-state index contributed by atoms with van der Waals surface area (Å²) in [6.45, 7) is 0. The van der Waals surface area contributed by atoms with Crippen LogP contribution in [0.1, 0.15) is 10.4 Å². The molecule has 2 aromatic rings. The Kier molecular flexibility index (Phi) is 2.76. The molecule has 0 saturated heterocycles. The van der Waals surface area contributed by atoms with Crippen molar-refractivity contribution in [3.8, 4) is 10.7 Å². The van der Waals surface area contributed by atoms with Crippen LogP contribution in [0, 0.1) is 0 Å². The molecule has 7 heteroatoms. The molecule has 0 amide bonds. The molecule has 0 fully saturated rings. The van der Waals surface area contributed by atoms with Crippen LogP contribution in [0.3, 0.4) is 0 Å². The van der Waals surface area contributed by atoms with Gasteiger partial charge in [0.2, 0.25) is 0 Å². The van der Waals surface area contributed by atoms with Gasteiger partial charge >= 0.3 is 5.97 Å². The van der Waals surface area contributed by atoms with Gasteiger partial charge in [0.15, 0.2) is 5.82 Å². The van der Waals surface area contributed by atoms with Gasteiger partial charge in [0.05, 0.1) is 9.21 Å². The number of rotatable bonds is 2. The summed E-state index contributed by atoms with van der Waals surface area (Å²) in [4.78, 5) is 19.3. The molecule has 2 heterocycles. The lowest BCUT2D eigenvalue weighted by atomic mass is 10.3. The van der Waals surface area contributed by atoms with Gasteiger partial charge in [-0.3, -0.25) is 0 Å². The minimum absolute atomic E-state index is 0.0537. The van der Waals surface area contributed by atoms with Gasteiger partial charge in [0.25, 0.3) is 0 Å². The van der Waals surface area contributed by atoms with Crippen LogP contribution in [0.25, 0.3) is 10.7 Å². The minimum atomic E-state index is -1.15. The smallest absolute Gasteiger partial charge is 0.341 e. The Morgan fingerprint density at radius 1 is 1.50 bits per heavy atom. The molecule has 5 nitrogen and oxygen atoms in total. The third kappa shape index (κ3) is 1.98. The highest BCUT2D eigenvalue weighted by atomic mass is 35.5. The number of thiophene rings is 1. The van der Waals surface area contributed by atoms with Crippen LogP contribution in [-0.4, -0.2) is 21.0 Å². The van der Waals surface area contributed by atoms with Crippen LogP contribution in [-0.2, 0) is 0 Å². The molecule has 0 aliphatic heterocycles. The average Bonchev–Trinajstić information content (AvgIpc) is 2.64. The first-order valence-electron chi connectivity index (χ1n) is 4.19. The van der Waals surface area contributed by atoms with E-state index in [4.69, 9.17) is 22.4 Å². The summed E-state index contributed by atoms with van der Waals surface area (Å²) in [6.07, 6.45) is 1.19. The third-order valence-corrected chi connectivity index (χ3v) is 3.07. The van der Waals surface area contributed by atoms with E-state index in [-0.39, 0.29) is 11.4 Å². The fraction of sp³-hybridized carbons (Fsp3) is 0. The Morgan fingerprint density at radius 3 is 2.75 bits per heavy atom. The number of nitrogen functional groups attached to an aromatic ring is 1. The van der Waals surface area contributed by atoms with Crippen molar-refractivity contribution in [2.75, 3.05) is 5.73 Å². The number of hydrogen-bond donors (Lipinski definition) is 2. The first-order valence-corrected chi connectivity index (χ1v) is 5.39. The van der Waals surface area contributed by atoms with E-state index < -0.39 is 5.97 Å². The zero-order valence-corrected chi connectivity index (χ0v) is 9.42. The SMILES string of the molecule is Nc1nc(-c2ccc(Cl)s2)ncc1C(=O)O. The highest BCUT2D eigenvalue weighted by Crippen LogP contribution is 2.29. The van der Waals surface area contributed by atoms with E-state index >= 15 is 0 Å². The van der Waals surface area contributed by atoms with E-state index in [0.717, 1.165) is 4.88 Å². The van der Waals surface area contributed by atoms with Gasteiger partial charge in [-0.1, -0.05) is 11.6 Å². The molecule has 2 aromatic heterocycles. The van der Waals surface area contributed by atoms with Gasteiger partial charge in [-0.2, -0.15) is 0 Å². The first-order chi connectivity index (χ1) is 7.58. The van der Waals surface area contributed by atoms with Crippen molar-refractivity contribution in [3.05, 3.63) is 28.2 Å². The number of carbonyl (C=O) groups is 1. The molecule has 82 valence electrons. The van der Waals surface area contributed by atoms with Crippen LogP contribution < -0.4 is 5.73 Å². The molecule has 0 atom stereocenters. The number of aromatic nitrogens is 2. The first kappa shape index (κ1) is 10.8. The second-order valence-electron chi connectivity index (χ2n) is 2.90. The number of nitrogens with two attached hydrogens (primary N) is 1. The maximum Gasteiger partial charge on any atom is 0.341 e. The zero-order valence-electron chi connectivity index (χ0n) is 7.85. The van der Waals surface area contributed by atoms with Gasteiger partial charge in [-0.15, -0.1) is 11.3 Å². The Labute approximate surface area is 99.5 Å². The normalized spacial score (nSPS) is 10.3. The molecule has 0 radical (unpaired) electrons. The summed E-state index contributed by atoms with van der Waals surface area (Å²) in [5.74, 6) is -0.824. The van der Waals surface area contributed by atoms with Crippen LogP contribution in [0.15, 0.2) is 18.3 Å². The monoisotopic (exact) mass is 255 g/mol. The topological polar surface area (TPSA) is 89.1 Å². The number of anilines is 1. The van der Waals surface area contributed by atoms with Crippen molar-refractivity contribution in [2.45, 2.75) is 0 Å². The predicted molar refractivity (Wildman–Crippen MR) is 61.7 cm³/mol. The molecule has 0 aliphatic rings. The molecule has 0 saturated carbocycles. The van der Waals surface area contributed by atoms with Gasteiger partial charge < -0.3 is 10.8 Å². The maximum atomic E-state index is 10.7. The van der Waals surface area contributed by atoms with Crippen molar-refractivity contribution < 1.29 is 9.90 Å². The summed E-state index contributed by atoms with van der Waals surface area (Å²) >= 11 is 7.07. The van der Waals surface area contributed by atoms with Gasteiger partial charge in [0, 0.05) is 6.20 Å². The summed E-state index contributed by atoms with van der Waals surface area (Å²) in [5.41, 5.74) is 5.40. The highest BCUT2D eigenvalue weighted by Gasteiger charge is 2.12. The largest absolute Gasteiger partial charge is 0.477 e. The van der Waals surface area contributed by atoms with Gasteiger partial charge in [-0.05, 0) is 12.1 Å². The lowest BCUT2D eigenvalue weighted by Gasteiger charge is -2.00. The molecule has 2 rings (SSSR count). The fourth-order valence-electron chi connectivity index (χ4n) is 1.11. The zero-order chi connectivity index (χ0) is 11.7. The van der Waals surface area contributed by atoms with Crippen molar-refractivity contribution in [3.63, 3.8) is 0 Å². The standard InChI is InChI=1S/C9H6ClN3O2S/c10-6-2-1-5(16-6)8-12-3-4(9(14)15)7(11)13-8/h1-3H,(H,14,15)(H2,11,12,13). The molecule has 0 aromatic carbocycles. The van der Waals surface area contributed by atoms with Crippen LogP contribution in [0.4, 0.5) is 5.82 Å². The molecule has 0 spiro atoms. The molecular weight excluding hydrogens is 250 g/mol. The summed E-state index contributed by atoms with van der Waals surface area (Å²) < 4.78 is 0.611. The summed E-state index contributed by atoms with van der Waals surface area (Å²) in [7, 11) is 0. The lowest BCUT2D eigenvalue weighted by molar-refractivity contribution is 0.0697. The van der Waals surface area contributed by atoms with E-state index in [2.05, 4.69) is 9.97 Å². The Hall–Kier alpha value is -1.66. The third-order valence-electron chi connectivity index (χ3n) is 1.84. The fourth-order valence-corrected chi connectivity index (χ4v) is 2.10. The van der Waals surface area contributed by atoms with Crippen LogP contribution in [0.2, 0.25) is 4.34 Å². The minimum Gasteiger partial charge on any atom is -0.477 e. The van der Waals surface area contributed by atoms with Crippen molar-refractivity contribution in [2.24, 2.45) is 0 Å². The number of halogens is 1. The molecule has 3 N–H and O–H groups in total. The Balaban J connectivity index is 2.45. The summed E-state index contributed by atoms with van der Waals surface area (Å²) in [5, 5.41) is 8.75. The maximum absolute atomic E-state index is 10.7.